The van der Waals surface area contributed by atoms with Crippen molar-refractivity contribution < 1.29 is 17.5 Å². The average molecular weight is 354 g/mol. The Bertz CT molecular complexity index is 508. The van der Waals surface area contributed by atoms with Crippen LogP contribution in [0.2, 0.25) is 0 Å². The fourth-order valence-corrected chi connectivity index (χ4v) is 3.43. The van der Waals surface area contributed by atoms with E-state index in [1.165, 1.54) is 6.07 Å². The number of halogens is 2. The van der Waals surface area contributed by atoms with Crippen molar-refractivity contribution in [3.63, 3.8) is 0 Å². The summed E-state index contributed by atoms with van der Waals surface area (Å²) in [4.78, 5) is 0.0162. The largest absolute Gasteiger partial charge is 0.380 e. The van der Waals surface area contributed by atoms with E-state index in [1.54, 1.807) is 0 Å². The molecule has 0 aliphatic rings. The number of rotatable bonds is 8. The van der Waals surface area contributed by atoms with Crippen LogP contribution in [0.25, 0.3) is 0 Å². The molecule has 4 nitrogen and oxygen atoms in total. The van der Waals surface area contributed by atoms with Crippen molar-refractivity contribution in [1.82, 2.24) is 4.72 Å². The Hall–Kier alpha value is -0.500. The number of hydrogen-bond donors (Lipinski definition) is 1. The van der Waals surface area contributed by atoms with Crippen LogP contribution in [0.3, 0.4) is 0 Å². The number of sulfonamides is 1. The third kappa shape index (κ3) is 5.56. The fourth-order valence-electron chi connectivity index (χ4n) is 1.37. The van der Waals surface area contributed by atoms with Gasteiger partial charge in [-0.1, -0.05) is 13.3 Å². The van der Waals surface area contributed by atoms with Crippen LogP contribution in [-0.4, -0.2) is 28.2 Å². The van der Waals surface area contributed by atoms with Crippen LogP contribution in [0.15, 0.2) is 27.6 Å². The van der Waals surface area contributed by atoms with Crippen LogP contribution in [0.5, 0.6) is 0 Å². The van der Waals surface area contributed by atoms with Gasteiger partial charge in [-0.15, -0.1) is 0 Å². The Morgan fingerprint density at radius 1 is 1.37 bits per heavy atom. The summed E-state index contributed by atoms with van der Waals surface area (Å²) in [6.07, 6.45) is 1.99. The summed E-state index contributed by atoms with van der Waals surface area (Å²) in [5, 5.41) is 0. The molecular formula is C12H17BrFNO3S. The zero-order valence-electron chi connectivity index (χ0n) is 10.7. The second kappa shape index (κ2) is 7.94. The summed E-state index contributed by atoms with van der Waals surface area (Å²) < 4.78 is 44.6. The summed E-state index contributed by atoms with van der Waals surface area (Å²) >= 11 is 3.04. The highest BCUT2D eigenvalue weighted by Gasteiger charge is 2.17. The SMILES string of the molecule is CCCCOCCNS(=O)(=O)c1ccc(F)cc1Br. The summed E-state index contributed by atoms with van der Waals surface area (Å²) in [6, 6.07) is 3.45. The smallest absolute Gasteiger partial charge is 0.241 e. The zero-order valence-corrected chi connectivity index (χ0v) is 13.1. The van der Waals surface area contributed by atoms with Crippen LogP contribution in [-0.2, 0) is 14.8 Å². The van der Waals surface area contributed by atoms with Crippen molar-refractivity contribution in [1.29, 1.82) is 0 Å². The highest BCUT2D eigenvalue weighted by molar-refractivity contribution is 9.10. The summed E-state index contributed by atoms with van der Waals surface area (Å²) in [7, 11) is -3.64. The van der Waals surface area contributed by atoms with E-state index in [9.17, 15) is 12.8 Å². The lowest BCUT2D eigenvalue weighted by molar-refractivity contribution is 0.136. The second-order valence-electron chi connectivity index (χ2n) is 3.94. The third-order valence-electron chi connectivity index (χ3n) is 2.36. The molecule has 1 aromatic rings. The minimum absolute atomic E-state index is 0.0162. The van der Waals surface area contributed by atoms with Gasteiger partial charge in [0.1, 0.15) is 5.82 Å². The molecule has 0 spiro atoms. The number of benzene rings is 1. The maximum atomic E-state index is 12.9. The van der Waals surface area contributed by atoms with E-state index in [-0.39, 0.29) is 15.9 Å². The standard InChI is InChI=1S/C12H17BrFNO3S/c1-2-3-7-18-8-6-15-19(16,17)12-5-4-10(14)9-11(12)13/h4-5,9,15H,2-3,6-8H2,1H3. The maximum Gasteiger partial charge on any atom is 0.241 e. The molecule has 0 saturated carbocycles. The molecule has 1 N–H and O–H groups in total. The van der Waals surface area contributed by atoms with Crippen LogP contribution in [0, 0.1) is 5.82 Å². The molecule has 0 radical (unpaired) electrons. The molecule has 0 aromatic heterocycles. The molecule has 108 valence electrons. The molecule has 0 saturated heterocycles. The normalized spacial score (nSPS) is 11.7. The van der Waals surface area contributed by atoms with Gasteiger partial charge < -0.3 is 4.74 Å². The van der Waals surface area contributed by atoms with E-state index >= 15 is 0 Å². The highest BCUT2D eigenvalue weighted by Crippen LogP contribution is 2.22. The van der Waals surface area contributed by atoms with E-state index in [1.807, 2.05) is 0 Å². The van der Waals surface area contributed by atoms with Crippen molar-refractivity contribution in [3.05, 3.63) is 28.5 Å². The summed E-state index contributed by atoms with van der Waals surface area (Å²) in [6.45, 7) is 3.19. The first-order valence-corrected chi connectivity index (χ1v) is 8.27. The topological polar surface area (TPSA) is 55.4 Å². The number of nitrogens with one attached hydrogen (secondary N) is 1. The molecule has 0 amide bonds. The third-order valence-corrected chi connectivity index (χ3v) is 4.80. The van der Waals surface area contributed by atoms with Gasteiger partial charge in [-0.05, 0) is 40.5 Å². The fraction of sp³-hybridized carbons (Fsp3) is 0.500. The quantitative estimate of drug-likeness (QED) is 0.731. The van der Waals surface area contributed by atoms with E-state index in [0.717, 1.165) is 25.0 Å². The van der Waals surface area contributed by atoms with E-state index < -0.39 is 15.8 Å². The molecule has 1 aromatic carbocycles. The minimum Gasteiger partial charge on any atom is -0.380 e. The van der Waals surface area contributed by atoms with Gasteiger partial charge in [-0.3, -0.25) is 0 Å². The monoisotopic (exact) mass is 353 g/mol. The molecule has 0 bridgehead atoms. The first kappa shape index (κ1) is 16.6. The van der Waals surface area contributed by atoms with E-state index in [2.05, 4.69) is 27.6 Å². The van der Waals surface area contributed by atoms with Gasteiger partial charge >= 0.3 is 0 Å². The van der Waals surface area contributed by atoms with Gasteiger partial charge in [-0.25, -0.2) is 17.5 Å². The molecule has 7 heteroatoms. The first-order valence-electron chi connectivity index (χ1n) is 6.00. The first-order chi connectivity index (χ1) is 8.97. The Morgan fingerprint density at radius 2 is 2.11 bits per heavy atom. The second-order valence-corrected chi connectivity index (χ2v) is 6.53. The predicted octanol–water partition coefficient (Wildman–Crippen LogP) is 2.68. The van der Waals surface area contributed by atoms with Crippen molar-refractivity contribution in [3.8, 4) is 0 Å². The average Bonchev–Trinajstić information content (AvgIpc) is 2.33. The van der Waals surface area contributed by atoms with Crippen LogP contribution in [0.1, 0.15) is 19.8 Å². The van der Waals surface area contributed by atoms with Crippen LogP contribution < -0.4 is 4.72 Å². The summed E-state index contributed by atoms with van der Waals surface area (Å²) in [5.41, 5.74) is 0. The van der Waals surface area contributed by atoms with Crippen LogP contribution >= 0.6 is 15.9 Å². The highest BCUT2D eigenvalue weighted by atomic mass is 79.9. The maximum absolute atomic E-state index is 12.9. The van der Waals surface area contributed by atoms with Crippen molar-refractivity contribution in [2.75, 3.05) is 19.8 Å². The molecule has 0 heterocycles. The van der Waals surface area contributed by atoms with Crippen LogP contribution in [0.4, 0.5) is 4.39 Å². The number of hydrogen-bond acceptors (Lipinski definition) is 3. The molecule has 0 atom stereocenters. The van der Waals surface area contributed by atoms with Gasteiger partial charge in [0.05, 0.1) is 11.5 Å². The molecule has 0 aliphatic heterocycles. The molecule has 0 unspecified atom stereocenters. The van der Waals surface area contributed by atoms with Gasteiger partial charge in [0.15, 0.2) is 0 Å². The molecule has 1 rings (SSSR count). The number of unbranched alkanes of at least 4 members (excludes halogenated alkanes) is 1. The molecule has 0 aliphatic carbocycles. The predicted molar refractivity (Wildman–Crippen MR) is 75.0 cm³/mol. The molecular weight excluding hydrogens is 337 g/mol. The van der Waals surface area contributed by atoms with Crippen molar-refractivity contribution in [2.24, 2.45) is 0 Å². The van der Waals surface area contributed by atoms with Gasteiger partial charge in [0, 0.05) is 17.6 Å². The Kier molecular flexibility index (Phi) is 6.92. The Labute approximate surface area is 121 Å². The van der Waals surface area contributed by atoms with Crippen molar-refractivity contribution >= 4 is 26.0 Å². The lowest BCUT2D eigenvalue weighted by atomic mass is 10.3. The Balaban J connectivity index is 2.52. The zero-order chi connectivity index (χ0) is 14.3. The van der Waals surface area contributed by atoms with E-state index in [4.69, 9.17) is 4.74 Å². The lowest BCUT2D eigenvalue weighted by Gasteiger charge is -2.09. The Morgan fingerprint density at radius 3 is 2.74 bits per heavy atom. The van der Waals surface area contributed by atoms with Gasteiger partial charge in [0.2, 0.25) is 10.0 Å². The van der Waals surface area contributed by atoms with Gasteiger partial charge in [-0.2, -0.15) is 0 Å². The number of ether oxygens (including phenoxy) is 1. The lowest BCUT2D eigenvalue weighted by Crippen LogP contribution is -2.27. The van der Waals surface area contributed by atoms with Gasteiger partial charge in [0.25, 0.3) is 0 Å². The minimum atomic E-state index is -3.64. The molecule has 19 heavy (non-hydrogen) atoms. The molecule has 0 fully saturated rings. The summed E-state index contributed by atoms with van der Waals surface area (Å²) in [5.74, 6) is -0.492. The van der Waals surface area contributed by atoms with E-state index in [0.29, 0.717) is 13.2 Å². The van der Waals surface area contributed by atoms with Crippen molar-refractivity contribution in [2.45, 2.75) is 24.7 Å².